The number of nitrogens with zero attached hydrogens (tertiary/aromatic N) is 1. The lowest BCUT2D eigenvalue weighted by atomic mass is 10.1. The van der Waals surface area contributed by atoms with E-state index in [1.165, 1.54) is 17.2 Å². The van der Waals surface area contributed by atoms with Crippen molar-refractivity contribution in [3.63, 3.8) is 0 Å². The van der Waals surface area contributed by atoms with E-state index in [4.69, 9.17) is 9.52 Å². The fraction of sp³-hybridized carbons (Fsp3) is 0.278. The molecule has 0 saturated heterocycles. The highest BCUT2D eigenvalue weighted by Crippen LogP contribution is 2.19. The highest BCUT2D eigenvalue weighted by Gasteiger charge is 2.19. The number of anilines is 1. The number of furan rings is 1. The molecule has 1 heterocycles. The van der Waals surface area contributed by atoms with E-state index < -0.39 is 17.8 Å². The lowest BCUT2D eigenvalue weighted by molar-refractivity contribution is -0.137. The van der Waals surface area contributed by atoms with Crippen molar-refractivity contribution in [1.29, 1.82) is 0 Å². The monoisotopic (exact) mass is 344 g/mol. The van der Waals surface area contributed by atoms with E-state index in [9.17, 15) is 14.4 Å². The van der Waals surface area contributed by atoms with Crippen molar-refractivity contribution in [2.75, 3.05) is 18.4 Å². The minimum atomic E-state index is -1.07. The lowest BCUT2D eigenvalue weighted by Gasteiger charge is -2.20. The van der Waals surface area contributed by atoms with Crippen LogP contribution in [0.1, 0.15) is 39.8 Å². The van der Waals surface area contributed by atoms with Gasteiger partial charge in [-0.2, -0.15) is 0 Å². The molecule has 0 aliphatic rings. The molecule has 1 aromatic heterocycles. The molecule has 0 saturated carbocycles. The van der Waals surface area contributed by atoms with Gasteiger partial charge in [0.25, 0.3) is 11.8 Å². The van der Waals surface area contributed by atoms with Crippen LogP contribution in [0.2, 0.25) is 0 Å². The molecule has 7 nitrogen and oxygen atoms in total. The average molecular weight is 344 g/mol. The van der Waals surface area contributed by atoms with Crippen molar-refractivity contribution in [1.82, 2.24) is 4.90 Å². The molecular weight excluding hydrogens is 324 g/mol. The zero-order valence-corrected chi connectivity index (χ0v) is 14.1. The van der Waals surface area contributed by atoms with Gasteiger partial charge in [0.1, 0.15) is 6.54 Å². The number of amides is 2. The maximum Gasteiger partial charge on any atom is 0.323 e. The van der Waals surface area contributed by atoms with Crippen LogP contribution in [0.3, 0.4) is 0 Å². The van der Waals surface area contributed by atoms with Crippen LogP contribution in [0.15, 0.2) is 41.0 Å². The Morgan fingerprint density at radius 2 is 2.00 bits per heavy atom. The number of hydrogen-bond acceptors (Lipinski definition) is 4. The van der Waals surface area contributed by atoms with Gasteiger partial charge in [0.05, 0.1) is 6.26 Å². The molecule has 0 spiro atoms. The number of carboxylic acids is 1. The van der Waals surface area contributed by atoms with Gasteiger partial charge in [-0.3, -0.25) is 14.4 Å². The van der Waals surface area contributed by atoms with Gasteiger partial charge >= 0.3 is 5.97 Å². The van der Waals surface area contributed by atoms with E-state index in [1.54, 1.807) is 31.2 Å². The van der Waals surface area contributed by atoms with E-state index in [1.807, 2.05) is 6.92 Å². The van der Waals surface area contributed by atoms with Gasteiger partial charge in [-0.25, -0.2) is 0 Å². The van der Waals surface area contributed by atoms with Gasteiger partial charge in [0.2, 0.25) is 0 Å². The summed E-state index contributed by atoms with van der Waals surface area (Å²) in [6, 6.07) is 8.01. The van der Waals surface area contributed by atoms with Crippen LogP contribution in [-0.4, -0.2) is 40.9 Å². The quantitative estimate of drug-likeness (QED) is 0.804. The molecular formula is C18H20N2O5. The normalized spacial score (nSPS) is 10.3. The summed E-state index contributed by atoms with van der Waals surface area (Å²) < 4.78 is 5.05. The highest BCUT2D eigenvalue weighted by molar-refractivity contribution is 6.04. The number of hydrogen-bond donors (Lipinski definition) is 2. The van der Waals surface area contributed by atoms with Crippen LogP contribution >= 0.6 is 0 Å². The van der Waals surface area contributed by atoms with E-state index in [-0.39, 0.29) is 12.3 Å². The van der Waals surface area contributed by atoms with Crippen LogP contribution in [-0.2, 0) is 4.79 Å². The van der Waals surface area contributed by atoms with Crippen molar-refractivity contribution in [2.24, 2.45) is 0 Å². The molecule has 0 aliphatic carbocycles. The third-order valence-electron chi connectivity index (χ3n) is 3.58. The molecule has 2 rings (SSSR count). The average Bonchev–Trinajstić information content (AvgIpc) is 3.10. The van der Waals surface area contributed by atoms with Crippen molar-refractivity contribution < 1.29 is 23.9 Å². The molecule has 2 amide bonds. The summed E-state index contributed by atoms with van der Waals surface area (Å²) in [4.78, 5) is 36.9. The second-order valence-corrected chi connectivity index (χ2v) is 5.58. The summed E-state index contributed by atoms with van der Waals surface area (Å²) in [6.45, 7) is 3.64. The summed E-state index contributed by atoms with van der Waals surface area (Å²) in [5.74, 6) is -1.72. The summed E-state index contributed by atoms with van der Waals surface area (Å²) in [5, 5.41) is 11.7. The second-order valence-electron chi connectivity index (χ2n) is 5.58. The first-order valence-electron chi connectivity index (χ1n) is 7.89. The van der Waals surface area contributed by atoms with Crippen molar-refractivity contribution in [3.8, 4) is 0 Å². The maximum absolute atomic E-state index is 12.6. The molecule has 25 heavy (non-hydrogen) atoms. The van der Waals surface area contributed by atoms with E-state index in [2.05, 4.69) is 5.32 Å². The van der Waals surface area contributed by atoms with Gasteiger partial charge in [0.15, 0.2) is 5.76 Å². The smallest absolute Gasteiger partial charge is 0.323 e. The standard InChI is InChI=1S/C18H20N2O5/c1-3-8-20(11-16(21)22)18(24)13-7-6-12(2)14(10-13)19-17(23)15-5-4-9-25-15/h4-7,9-10H,3,8,11H2,1-2H3,(H,19,23)(H,21,22). The maximum atomic E-state index is 12.6. The molecule has 2 aromatic rings. The number of aryl methyl sites for hydroxylation is 1. The minimum absolute atomic E-state index is 0.162. The lowest BCUT2D eigenvalue weighted by Crippen LogP contribution is -2.36. The molecule has 1 aromatic carbocycles. The predicted octanol–water partition coefficient (Wildman–Crippen LogP) is 2.78. The summed E-state index contributed by atoms with van der Waals surface area (Å²) in [6.07, 6.45) is 2.04. The Morgan fingerprint density at radius 3 is 2.60 bits per heavy atom. The first-order chi connectivity index (χ1) is 11.9. The Bertz CT molecular complexity index is 768. The van der Waals surface area contributed by atoms with Gasteiger partial charge in [-0.05, 0) is 43.2 Å². The first-order valence-corrected chi connectivity index (χ1v) is 7.89. The number of carbonyl (C=O) groups excluding carboxylic acids is 2. The Labute approximate surface area is 145 Å². The molecule has 0 radical (unpaired) electrons. The van der Waals surface area contributed by atoms with Gasteiger partial charge in [-0.1, -0.05) is 13.0 Å². The largest absolute Gasteiger partial charge is 0.480 e. The van der Waals surface area contributed by atoms with Crippen molar-refractivity contribution >= 4 is 23.5 Å². The van der Waals surface area contributed by atoms with Crippen LogP contribution in [0.4, 0.5) is 5.69 Å². The molecule has 132 valence electrons. The van der Waals surface area contributed by atoms with E-state index in [0.717, 1.165) is 5.56 Å². The van der Waals surface area contributed by atoms with Gasteiger partial charge in [0, 0.05) is 17.8 Å². The minimum Gasteiger partial charge on any atom is -0.480 e. The highest BCUT2D eigenvalue weighted by atomic mass is 16.4. The van der Waals surface area contributed by atoms with Crippen LogP contribution in [0.5, 0.6) is 0 Å². The first kappa shape index (κ1) is 18.3. The molecule has 0 bridgehead atoms. The Balaban J connectivity index is 2.23. The summed E-state index contributed by atoms with van der Waals surface area (Å²) >= 11 is 0. The number of carbonyl (C=O) groups is 3. The molecule has 0 atom stereocenters. The fourth-order valence-corrected chi connectivity index (χ4v) is 2.35. The predicted molar refractivity (Wildman–Crippen MR) is 91.7 cm³/mol. The van der Waals surface area contributed by atoms with Gasteiger partial charge in [-0.15, -0.1) is 0 Å². The van der Waals surface area contributed by atoms with E-state index >= 15 is 0 Å². The van der Waals surface area contributed by atoms with Crippen LogP contribution < -0.4 is 5.32 Å². The van der Waals surface area contributed by atoms with E-state index in [0.29, 0.717) is 24.2 Å². The number of benzene rings is 1. The second kappa shape index (κ2) is 8.14. The third kappa shape index (κ3) is 4.69. The molecule has 0 unspecified atom stereocenters. The number of carboxylic acid groups (broad SMARTS) is 1. The van der Waals surface area contributed by atoms with Crippen LogP contribution in [0.25, 0.3) is 0 Å². The number of nitrogens with one attached hydrogen (secondary N) is 1. The molecule has 7 heteroatoms. The fourth-order valence-electron chi connectivity index (χ4n) is 2.35. The zero-order chi connectivity index (χ0) is 18.4. The summed E-state index contributed by atoms with van der Waals surface area (Å²) in [5.41, 5.74) is 1.56. The van der Waals surface area contributed by atoms with Gasteiger partial charge < -0.3 is 19.7 Å². The Hall–Kier alpha value is -3.09. The zero-order valence-electron chi connectivity index (χ0n) is 14.1. The van der Waals surface area contributed by atoms with Crippen LogP contribution in [0, 0.1) is 6.92 Å². The Morgan fingerprint density at radius 1 is 1.24 bits per heavy atom. The number of rotatable bonds is 7. The summed E-state index contributed by atoms with van der Waals surface area (Å²) in [7, 11) is 0. The molecule has 0 aliphatic heterocycles. The Kier molecular flexibility index (Phi) is 5.94. The topological polar surface area (TPSA) is 99.9 Å². The van der Waals surface area contributed by atoms with Crippen molar-refractivity contribution in [3.05, 3.63) is 53.5 Å². The molecule has 0 fully saturated rings. The SMILES string of the molecule is CCCN(CC(=O)O)C(=O)c1ccc(C)c(NC(=O)c2ccco2)c1. The third-order valence-corrected chi connectivity index (χ3v) is 3.58. The molecule has 2 N–H and O–H groups in total. The van der Waals surface area contributed by atoms with Crippen molar-refractivity contribution in [2.45, 2.75) is 20.3 Å². The number of aliphatic carboxylic acids is 1.